The minimum absolute atomic E-state index is 0.0246. The van der Waals surface area contributed by atoms with Crippen molar-refractivity contribution >= 4 is 39.1 Å². The van der Waals surface area contributed by atoms with Crippen LogP contribution in [0.25, 0.3) is 0 Å². The summed E-state index contributed by atoms with van der Waals surface area (Å²) in [7, 11) is 0.494. The second kappa shape index (κ2) is 11.7. The molecule has 1 fully saturated rings. The second-order valence-corrected chi connectivity index (χ2v) is 12.9. The smallest absolute Gasteiger partial charge is 0.387 e. The van der Waals surface area contributed by atoms with E-state index in [9.17, 15) is 27.1 Å². The molecule has 2 amide bonds. The Kier molecular flexibility index (Phi) is 8.42. The highest BCUT2D eigenvalue weighted by Crippen LogP contribution is 2.57. The van der Waals surface area contributed by atoms with Crippen LogP contribution >= 0.6 is 11.6 Å². The molecule has 240 valence electrons. The SMILES string of the molecule is CNC(=O)[C@@H]1C[C@@H](O)C[N+]1(C)C1(c2cccnc2OC)C(=O)N(S(=O)(=O)c2ccc(OC)cc2OC(F)F)c2ccc(Cl)cc21. The number of benzene rings is 2. The third-order valence-corrected chi connectivity index (χ3v) is 10.4. The Balaban J connectivity index is 1.89. The summed E-state index contributed by atoms with van der Waals surface area (Å²) in [5, 5.41) is 13.7. The fraction of sp³-hybridized carbons (Fsp3) is 0.345. The van der Waals surface area contributed by atoms with Gasteiger partial charge in [-0.15, -0.1) is 0 Å². The number of quaternary nitrogens is 1. The third kappa shape index (κ3) is 4.85. The number of methoxy groups -OCH3 is 2. The highest BCUT2D eigenvalue weighted by atomic mass is 35.5. The molecule has 0 radical (unpaired) electrons. The van der Waals surface area contributed by atoms with Crippen LogP contribution in [-0.2, 0) is 25.2 Å². The van der Waals surface area contributed by atoms with Crippen LogP contribution in [0, 0.1) is 0 Å². The van der Waals surface area contributed by atoms with Gasteiger partial charge in [0.15, 0.2) is 6.04 Å². The van der Waals surface area contributed by atoms with Crippen molar-refractivity contribution in [1.29, 1.82) is 0 Å². The Bertz CT molecular complexity index is 1780. The number of carbonyl (C=O) groups excluding carboxylic acids is 2. The number of aromatic nitrogens is 1. The number of pyridine rings is 1. The second-order valence-electron chi connectivity index (χ2n) is 10.7. The van der Waals surface area contributed by atoms with Crippen molar-refractivity contribution in [3.63, 3.8) is 0 Å². The predicted molar refractivity (Wildman–Crippen MR) is 157 cm³/mol. The van der Waals surface area contributed by atoms with Crippen molar-refractivity contribution in [2.24, 2.45) is 0 Å². The van der Waals surface area contributed by atoms with Gasteiger partial charge in [-0.1, -0.05) is 11.6 Å². The molecule has 0 bridgehead atoms. The van der Waals surface area contributed by atoms with E-state index in [0.717, 1.165) is 12.1 Å². The number of anilines is 1. The van der Waals surface area contributed by atoms with E-state index in [1.54, 1.807) is 7.05 Å². The molecule has 2 aliphatic rings. The van der Waals surface area contributed by atoms with Crippen LogP contribution in [0.1, 0.15) is 17.5 Å². The topological polar surface area (TPSA) is 144 Å². The fourth-order valence-corrected chi connectivity index (χ4v) is 8.33. The van der Waals surface area contributed by atoms with Crippen molar-refractivity contribution in [3.05, 3.63) is 70.9 Å². The molecule has 12 nitrogen and oxygen atoms in total. The number of aliphatic hydroxyl groups is 1. The normalized spacial score (nSPS) is 24.5. The van der Waals surface area contributed by atoms with Gasteiger partial charge < -0.3 is 24.6 Å². The molecular formula is C29H30ClF2N4O8S+. The van der Waals surface area contributed by atoms with Gasteiger partial charge in [0.1, 0.15) is 29.0 Å². The van der Waals surface area contributed by atoms with Crippen molar-refractivity contribution in [3.8, 4) is 17.4 Å². The average Bonchev–Trinajstić information content (AvgIpc) is 3.46. The van der Waals surface area contributed by atoms with Gasteiger partial charge in [0, 0.05) is 30.8 Å². The van der Waals surface area contributed by atoms with Crippen LogP contribution in [0.3, 0.4) is 0 Å². The zero-order chi connectivity index (χ0) is 32.9. The van der Waals surface area contributed by atoms with E-state index in [0.29, 0.717) is 4.31 Å². The molecule has 1 saturated heterocycles. The first-order valence-corrected chi connectivity index (χ1v) is 15.4. The molecule has 2 unspecified atom stereocenters. The number of halogens is 3. The maximum atomic E-state index is 15.3. The molecule has 45 heavy (non-hydrogen) atoms. The van der Waals surface area contributed by atoms with Crippen molar-refractivity contribution in [2.45, 2.75) is 35.6 Å². The van der Waals surface area contributed by atoms with E-state index in [-0.39, 0.29) is 46.4 Å². The average molecular weight is 668 g/mol. The number of amides is 2. The van der Waals surface area contributed by atoms with Gasteiger partial charge in [0.2, 0.25) is 11.4 Å². The number of nitrogens with zero attached hydrogens (tertiary/aromatic N) is 3. The molecule has 2 aromatic carbocycles. The zero-order valence-electron chi connectivity index (χ0n) is 24.5. The number of likely N-dealkylation sites (N-methyl/N-ethyl adjacent to an activating group) is 2. The quantitative estimate of drug-likeness (QED) is 0.329. The molecule has 0 saturated carbocycles. The van der Waals surface area contributed by atoms with Crippen LogP contribution < -0.4 is 23.8 Å². The molecule has 2 aliphatic heterocycles. The number of carbonyl (C=O) groups is 2. The monoisotopic (exact) mass is 667 g/mol. The van der Waals surface area contributed by atoms with Crippen molar-refractivity contribution < 1.29 is 50.6 Å². The lowest BCUT2D eigenvalue weighted by Gasteiger charge is -2.48. The Hall–Kier alpha value is -4.05. The third-order valence-electron chi connectivity index (χ3n) is 8.39. The predicted octanol–water partition coefficient (Wildman–Crippen LogP) is 2.66. The van der Waals surface area contributed by atoms with Crippen LogP contribution in [0.4, 0.5) is 14.5 Å². The number of aliphatic hydroxyl groups excluding tert-OH is 1. The standard InChI is InChI=1S/C29H29ClF2N4O8S/c1-33-25(38)22-13-17(37)15-36(22,2)29(19-6-5-11-34-26(19)43-4)20-12-16(30)7-9-21(20)35(27(29)39)45(40,41)24-10-8-18(42-3)14-23(24)44-28(31)32/h5-12,14,17,22,28,37H,13,15H2,1-4H3/p+1/t17-,22+,29?,36?/m1/s1. The van der Waals surface area contributed by atoms with Crippen LogP contribution in [0.15, 0.2) is 59.6 Å². The van der Waals surface area contributed by atoms with Crippen LogP contribution in [0.5, 0.6) is 17.4 Å². The van der Waals surface area contributed by atoms with Gasteiger partial charge in [-0.3, -0.25) is 14.1 Å². The Morgan fingerprint density at radius 3 is 2.56 bits per heavy atom. The fourth-order valence-electron chi connectivity index (χ4n) is 6.59. The van der Waals surface area contributed by atoms with E-state index in [2.05, 4.69) is 15.0 Å². The minimum Gasteiger partial charge on any atom is -0.497 e. The number of hydrogen-bond acceptors (Lipinski definition) is 9. The first-order valence-electron chi connectivity index (χ1n) is 13.5. The number of hydrogen-bond donors (Lipinski definition) is 2. The summed E-state index contributed by atoms with van der Waals surface area (Å²) in [6.45, 7) is -3.58. The summed E-state index contributed by atoms with van der Waals surface area (Å²) < 4.78 is 71.2. The molecule has 4 atom stereocenters. The number of rotatable bonds is 9. The lowest BCUT2D eigenvalue weighted by Crippen LogP contribution is -2.69. The summed E-state index contributed by atoms with van der Waals surface area (Å²) >= 11 is 6.48. The van der Waals surface area contributed by atoms with Gasteiger partial charge in [0.25, 0.3) is 15.9 Å². The number of ether oxygens (including phenoxy) is 3. The van der Waals surface area contributed by atoms with Gasteiger partial charge in [-0.2, -0.15) is 13.1 Å². The molecule has 3 heterocycles. The first kappa shape index (κ1) is 32.3. The van der Waals surface area contributed by atoms with Crippen molar-refractivity contribution in [1.82, 2.24) is 10.3 Å². The number of fused-ring (bicyclic) bond motifs is 1. The van der Waals surface area contributed by atoms with E-state index in [1.807, 2.05) is 0 Å². The number of sulfonamides is 1. The van der Waals surface area contributed by atoms with Crippen LogP contribution in [-0.4, -0.2) is 88.4 Å². The lowest BCUT2D eigenvalue weighted by molar-refractivity contribution is -0.953. The lowest BCUT2D eigenvalue weighted by atomic mass is 9.79. The molecule has 1 aromatic heterocycles. The van der Waals surface area contributed by atoms with E-state index in [1.165, 1.54) is 63.9 Å². The van der Waals surface area contributed by atoms with Crippen LogP contribution in [0.2, 0.25) is 5.02 Å². The van der Waals surface area contributed by atoms with Crippen molar-refractivity contribution in [2.75, 3.05) is 39.2 Å². The van der Waals surface area contributed by atoms with Gasteiger partial charge >= 0.3 is 12.5 Å². The molecule has 3 aromatic rings. The largest absolute Gasteiger partial charge is 0.497 e. The molecule has 2 N–H and O–H groups in total. The summed E-state index contributed by atoms with van der Waals surface area (Å²) in [4.78, 5) is 32.2. The van der Waals surface area contributed by atoms with E-state index in [4.69, 9.17) is 21.1 Å². The Morgan fingerprint density at radius 2 is 1.91 bits per heavy atom. The molecule has 0 spiro atoms. The highest BCUT2D eigenvalue weighted by molar-refractivity contribution is 7.93. The Morgan fingerprint density at radius 1 is 1.18 bits per heavy atom. The van der Waals surface area contributed by atoms with E-state index < -0.39 is 61.3 Å². The molecular weight excluding hydrogens is 638 g/mol. The minimum atomic E-state index is -5.03. The zero-order valence-corrected chi connectivity index (χ0v) is 26.1. The molecule has 5 rings (SSSR count). The van der Waals surface area contributed by atoms with Gasteiger partial charge in [-0.05, 0) is 42.5 Å². The maximum absolute atomic E-state index is 15.3. The maximum Gasteiger partial charge on any atom is 0.387 e. The number of nitrogens with one attached hydrogen (secondary N) is 1. The Labute approximate surface area is 262 Å². The first-order chi connectivity index (χ1) is 21.3. The molecule has 0 aliphatic carbocycles. The summed E-state index contributed by atoms with van der Waals surface area (Å²) in [5.41, 5.74) is -2.13. The molecule has 16 heteroatoms. The highest BCUT2D eigenvalue weighted by Gasteiger charge is 2.72. The number of alkyl halides is 2. The van der Waals surface area contributed by atoms with E-state index >= 15 is 4.79 Å². The summed E-state index contributed by atoms with van der Waals surface area (Å²) in [6, 6.07) is 9.20. The van der Waals surface area contributed by atoms with Gasteiger partial charge in [0.05, 0.1) is 38.1 Å². The summed E-state index contributed by atoms with van der Waals surface area (Å²) in [5.74, 6) is -2.40. The van der Waals surface area contributed by atoms with Gasteiger partial charge in [-0.25, -0.2) is 13.4 Å². The number of likely N-dealkylation sites (tertiary alicyclic amines) is 1. The summed E-state index contributed by atoms with van der Waals surface area (Å²) in [6.07, 6.45) is 0.260.